The van der Waals surface area contributed by atoms with Crippen LogP contribution in [0.4, 0.5) is 4.39 Å². The maximum Gasteiger partial charge on any atom is 0.314 e. The highest BCUT2D eigenvalue weighted by Crippen LogP contribution is 2.39. The number of carbonyl (C=O) groups is 1. The molecule has 1 heterocycles. The summed E-state index contributed by atoms with van der Waals surface area (Å²) in [5, 5.41) is 10.5. The van der Waals surface area contributed by atoms with Crippen molar-refractivity contribution in [3.8, 4) is 0 Å². The zero-order valence-corrected chi connectivity index (χ0v) is 13.5. The molecule has 0 saturated carbocycles. The first-order chi connectivity index (χ1) is 10.4. The highest BCUT2D eigenvalue weighted by atomic mass is 19.1. The van der Waals surface area contributed by atoms with Gasteiger partial charge in [0, 0.05) is 11.6 Å². The Bertz CT molecular complexity index is 727. The van der Waals surface area contributed by atoms with E-state index in [4.69, 9.17) is 0 Å². The van der Waals surface area contributed by atoms with Gasteiger partial charge in [0.15, 0.2) is 0 Å². The van der Waals surface area contributed by atoms with E-state index in [1.54, 1.807) is 19.2 Å². The van der Waals surface area contributed by atoms with Gasteiger partial charge in [-0.15, -0.1) is 0 Å². The Hall–Kier alpha value is -1.97. The van der Waals surface area contributed by atoms with Crippen LogP contribution in [0.2, 0.25) is 0 Å². The van der Waals surface area contributed by atoms with Gasteiger partial charge in [-0.2, -0.15) is 0 Å². The Morgan fingerprint density at radius 2 is 1.95 bits per heavy atom. The molecule has 22 heavy (non-hydrogen) atoms. The van der Waals surface area contributed by atoms with E-state index in [1.165, 1.54) is 6.07 Å². The molecule has 1 unspecified atom stereocenters. The number of aliphatic carboxylic acids is 1. The number of aromatic nitrogens is 1. The SMILES string of the molecule is CCCC(CC)(C(=O)O)c1c(C)cnc2cc(C)c(F)cc12. The molecule has 1 aromatic carbocycles. The smallest absolute Gasteiger partial charge is 0.314 e. The van der Waals surface area contributed by atoms with Crippen molar-refractivity contribution in [3.63, 3.8) is 0 Å². The Morgan fingerprint density at radius 1 is 1.27 bits per heavy atom. The third-order valence-electron chi connectivity index (χ3n) is 4.51. The second-order valence-corrected chi connectivity index (χ2v) is 5.93. The zero-order valence-electron chi connectivity index (χ0n) is 13.5. The van der Waals surface area contributed by atoms with Crippen LogP contribution in [0.15, 0.2) is 18.3 Å². The maximum atomic E-state index is 14.1. The van der Waals surface area contributed by atoms with Crippen molar-refractivity contribution in [1.29, 1.82) is 0 Å². The van der Waals surface area contributed by atoms with Gasteiger partial charge in [0.25, 0.3) is 0 Å². The molecule has 1 atom stereocenters. The first-order valence-corrected chi connectivity index (χ1v) is 7.66. The van der Waals surface area contributed by atoms with Gasteiger partial charge in [0.2, 0.25) is 0 Å². The Balaban J connectivity index is 2.90. The highest BCUT2D eigenvalue weighted by molar-refractivity contribution is 5.92. The summed E-state index contributed by atoms with van der Waals surface area (Å²) in [6.45, 7) is 7.38. The number of nitrogens with zero attached hydrogens (tertiary/aromatic N) is 1. The molecule has 2 rings (SSSR count). The van der Waals surface area contributed by atoms with Crippen LogP contribution in [0, 0.1) is 19.7 Å². The molecule has 0 aliphatic rings. The van der Waals surface area contributed by atoms with Crippen LogP contribution in [-0.2, 0) is 10.2 Å². The van der Waals surface area contributed by atoms with Crippen LogP contribution in [0.25, 0.3) is 10.9 Å². The lowest BCUT2D eigenvalue weighted by atomic mass is 9.72. The largest absolute Gasteiger partial charge is 0.481 e. The lowest BCUT2D eigenvalue weighted by Gasteiger charge is -2.31. The minimum absolute atomic E-state index is 0.326. The molecule has 1 aromatic heterocycles. The van der Waals surface area contributed by atoms with Crippen LogP contribution in [0.1, 0.15) is 49.8 Å². The van der Waals surface area contributed by atoms with Gasteiger partial charge in [-0.1, -0.05) is 20.3 Å². The van der Waals surface area contributed by atoms with Gasteiger partial charge in [0.05, 0.1) is 10.9 Å². The summed E-state index contributed by atoms with van der Waals surface area (Å²) in [5.74, 6) is -1.18. The quantitative estimate of drug-likeness (QED) is 0.883. The number of halogens is 1. The molecule has 0 fully saturated rings. The summed E-state index contributed by atoms with van der Waals surface area (Å²) in [5.41, 5.74) is 1.67. The number of benzene rings is 1. The average molecular weight is 303 g/mol. The average Bonchev–Trinajstić information content (AvgIpc) is 2.47. The number of hydrogen-bond donors (Lipinski definition) is 1. The number of fused-ring (bicyclic) bond motifs is 1. The summed E-state index contributed by atoms with van der Waals surface area (Å²) in [7, 11) is 0. The molecule has 0 bridgehead atoms. The molecule has 1 N–H and O–H groups in total. The second kappa shape index (κ2) is 6.03. The van der Waals surface area contributed by atoms with Crippen LogP contribution in [-0.4, -0.2) is 16.1 Å². The first kappa shape index (κ1) is 16.4. The zero-order chi connectivity index (χ0) is 16.5. The predicted octanol–water partition coefficient (Wildman–Crippen LogP) is 4.52. The number of rotatable bonds is 5. The fourth-order valence-corrected chi connectivity index (χ4v) is 3.32. The van der Waals surface area contributed by atoms with Gasteiger partial charge in [0.1, 0.15) is 5.82 Å². The van der Waals surface area contributed by atoms with Crippen LogP contribution < -0.4 is 0 Å². The van der Waals surface area contributed by atoms with Gasteiger partial charge in [-0.25, -0.2) is 4.39 Å². The van der Waals surface area contributed by atoms with E-state index in [0.717, 1.165) is 12.0 Å². The van der Waals surface area contributed by atoms with Crippen molar-refractivity contribution in [3.05, 3.63) is 40.8 Å². The Labute approximate surface area is 130 Å². The molecule has 3 nitrogen and oxygen atoms in total. The number of aryl methyl sites for hydroxylation is 2. The monoisotopic (exact) mass is 303 g/mol. The molecule has 0 radical (unpaired) electrons. The lowest BCUT2D eigenvalue weighted by molar-refractivity contribution is -0.144. The van der Waals surface area contributed by atoms with E-state index in [-0.39, 0.29) is 5.82 Å². The summed E-state index contributed by atoms with van der Waals surface area (Å²) < 4.78 is 14.1. The van der Waals surface area contributed by atoms with Crippen molar-refractivity contribution in [1.82, 2.24) is 4.98 Å². The second-order valence-electron chi connectivity index (χ2n) is 5.93. The number of hydrogen-bond acceptors (Lipinski definition) is 2. The molecule has 118 valence electrons. The van der Waals surface area contributed by atoms with Crippen LogP contribution >= 0.6 is 0 Å². The van der Waals surface area contributed by atoms with Crippen molar-refractivity contribution < 1.29 is 14.3 Å². The minimum atomic E-state index is -0.998. The van der Waals surface area contributed by atoms with E-state index in [0.29, 0.717) is 34.9 Å². The number of carboxylic acid groups (broad SMARTS) is 1. The van der Waals surface area contributed by atoms with E-state index >= 15 is 0 Å². The molecule has 0 amide bonds. The number of pyridine rings is 1. The molecule has 4 heteroatoms. The minimum Gasteiger partial charge on any atom is -0.481 e. The van der Waals surface area contributed by atoms with Crippen molar-refractivity contribution >= 4 is 16.9 Å². The molecule has 0 saturated heterocycles. The van der Waals surface area contributed by atoms with Crippen molar-refractivity contribution in [2.45, 2.75) is 52.4 Å². The van der Waals surface area contributed by atoms with Crippen LogP contribution in [0.5, 0.6) is 0 Å². The highest BCUT2D eigenvalue weighted by Gasteiger charge is 2.40. The summed E-state index contributed by atoms with van der Waals surface area (Å²) >= 11 is 0. The van der Waals surface area contributed by atoms with E-state index in [1.807, 2.05) is 20.8 Å². The van der Waals surface area contributed by atoms with Gasteiger partial charge in [-0.05, 0) is 55.5 Å². The molecule has 0 aliphatic carbocycles. The van der Waals surface area contributed by atoms with Crippen LogP contribution in [0.3, 0.4) is 0 Å². The van der Waals surface area contributed by atoms with Gasteiger partial charge >= 0.3 is 5.97 Å². The number of carboxylic acids is 1. The van der Waals surface area contributed by atoms with E-state index in [9.17, 15) is 14.3 Å². The molecule has 2 aromatic rings. The van der Waals surface area contributed by atoms with Crippen molar-refractivity contribution in [2.24, 2.45) is 0 Å². The van der Waals surface area contributed by atoms with Gasteiger partial charge in [-0.3, -0.25) is 9.78 Å². The molecule has 0 aliphatic heterocycles. The fourth-order valence-electron chi connectivity index (χ4n) is 3.32. The molecular weight excluding hydrogens is 281 g/mol. The fraction of sp³-hybridized carbons (Fsp3) is 0.444. The molecule has 0 spiro atoms. The standard InChI is InChI=1S/C18H22FNO2/c1-5-7-18(6-2,17(21)22)16-12(4)10-20-15-8-11(3)14(19)9-13(15)16/h8-10H,5-7H2,1-4H3,(H,21,22). The third kappa shape index (κ3) is 2.47. The topological polar surface area (TPSA) is 50.2 Å². The summed E-state index contributed by atoms with van der Waals surface area (Å²) in [4.78, 5) is 16.4. The lowest BCUT2D eigenvalue weighted by Crippen LogP contribution is -2.36. The Morgan fingerprint density at radius 3 is 2.50 bits per heavy atom. The first-order valence-electron chi connectivity index (χ1n) is 7.66. The predicted molar refractivity (Wildman–Crippen MR) is 85.7 cm³/mol. The third-order valence-corrected chi connectivity index (χ3v) is 4.51. The summed E-state index contributed by atoms with van der Waals surface area (Å²) in [6.07, 6.45) is 3.43. The van der Waals surface area contributed by atoms with E-state index in [2.05, 4.69) is 4.98 Å². The Kier molecular flexibility index (Phi) is 4.50. The van der Waals surface area contributed by atoms with Gasteiger partial charge < -0.3 is 5.11 Å². The molecular formula is C18H22FNO2. The summed E-state index contributed by atoms with van der Waals surface area (Å²) in [6, 6.07) is 3.12. The maximum absolute atomic E-state index is 14.1. The van der Waals surface area contributed by atoms with Crippen molar-refractivity contribution in [2.75, 3.05) is 0 Å². The van der Waals surface area contributed by atoms with E-state index < -0.39 is 11.4 Å². The normalized spacial score (nSPS) is 14.0.